The van der Waals surface area contributed by atoms with E-state index in [9.17, 15) is 11.0 Å². The predicted molar refractivity (Wildman–Crippen MR) is 219 cm³/mol. The van der Waals surface area contributed by atoms with Gasteiger partial charge in [0, 0.05) is 42.7 Å². The minimum atomic E-state index is -0.697. The van der Waals surface area contributed by atoms with Crippen molar-refractivity contribution in [3.63, 3.8) is 0 Å². The zero-order valence-electron chi connectivity index (χ0n) is 47.0. The van der Waals surface area contributed by atoms with Crippen molar-refractivity contribution in [2.45, 2.75) is 0 Å². The molecule has 2 nitrogen and oxygen atoms in total. The van der Waals surface area contributed by atoms with E-state index in [4.69, 9.17) is 17.8 Å². The standard InChI is InChI=1S/C48H30N2S/c1-3-14-31(15-4-1)34-21-13-27-45-47(34)38-22-12-26-44(48(38)51-45)50-40-23-9-7-18-36(40)39-30-32(28-29-42(39)50)35-20-11-25-43-46(35)37-19-8-10-24-41(37)49(43)33-16-5-2-6-17-33/h1-30H/i1D,3D,4D,7D,8D,9D,10D,11D,12D,13D,14D,18D,20D,21D,22D,23D,24D,25D,27D,28D,29D. The van der Waals surface area contributed by atoms with Gasteiger partial charge < -0.3 is 9.13 Å². The van der Waals surface area contributed by atoms with Crippen molar-refractivity contribution >= 4 is 75.1 Å². The van der Waals surface area contributed by atoms with E-state index < -0.39 is 121 Å². The number of fused-ring (bicyclic) bond motifs is 9. The number of rotatable bonds is 4. The zero-order chi connectivity index (χ0) is 51.7. The molecule has 0 atom stereocenters. The number of para-hydroxylation sites is 3. The maximum atomic E-state index is 9.86. The van der Waals surface area contributed by atoms with Gasteiger partial charge in [0.05, 0.1) is 61.2 Å². The smallest absolute Gasteiger partial charge is 0.0645 e. The van der Waals surface area contributed by atoms with Crippen LogP contribution in [-0.2, 0) is 0 Å². The van der Waals surface area contributed by atoms with Crippen molar-refractivity contribution in [1.82, 2.24) is 9.13 Å². The first kappa shape index (κ1) is 14.8. The molecule has 0 aliphatic rings. The highest BCUT2D eigenvalue weighted by Gasteiger charge is 2.20. The predicted octanol–water partition coefficient (Wildman–Crippen LogP) is 13.6. The summed E-state index contributed by atoms with van der Waals surface area (Å²) in [5.41, 5.74) is -0.842. The van der Waals surface area contributed by atoms with Gasteiger partial charge in [0.25, 0.3) is 0 Å². The lowest BCUT2D eigenvalue weighted by Gasteiger charge is -2.11. The number of thiophene rings is 1. The largest absolute Gasteiger partial charge is 0.309 e. The van der Waals surface area contributed by atoms with E-state index in [1.54, 1.807) is 30.3 Å². The van der Waals surface area contributed by atoms with Crippen LogP contribution in [0.3, 0.4) is 0 Å². The van der Waals surface area contributed by atoms with Gasteiger partial charge in [-0.3, -0.25) is 0 Å². The van der Waals surface area contributed by atoms with Crippen LogP contribution >= 0.6 is 11.3 Å². The highest BCUT2D eigenvalue weighted by atomic mass is 32.1. The van der Waals surface area contributed by atoms with Crippen molar-refractivity contribution in [2.75, 3.05) is 0 Å². The molecule has 0 spiro atoms. The van der Waals surface area contributed by atoms with Crippen molar-refractivity contribution < 1.29 is 28.8 Å². The molecule has 0 aliphatic carbocycles. The van der Waals surface area contributed by atoms with Gasteiger partial charge in [-0.2, -0.15) is 0 Å². The fraction of sp³-hybridized carbons (Fsp3) is 0. The first-order valence-corrected chi connectivity index (χ1v) is 16.5. The highest BCUT2D eigenvalue weighted by molar-refractivity contribution is 7.26. The maximum Gasteiger partial charge on any atom is 0.0645 e. The Hall–Kier alpha value is -6.42. The lowest BCUT2D eigenvalue weighted by atomic mass is 9.98. The number of aromatic nitrogens is 2. The van der Waals surface area contributed by atoms with Crippen LogP contribution in [0.5, 0.6) is 0 Å². The van der Waals surface area contributed by atoms with Gasteiger partial charge in [-0.25, -0.2) is 0 Å². The van der Waals surface area contributed by atoms with Gasteiger partial charge in [-0.15, -0.1) is 11.3 Å². The van der Waals surface area contributed by atoms with E-state index in [2.05, 4.69) is 0 Å². The quantitative estimate of drug-likeness (QED) is 0.174. The summed E-state index contributed by atoms with van der Waals surface area (Å²) in [6.45, 7) is 0. The number of benzene rings is 8. The summed E-state index contributed by atoms with van der Waals surface area (Å²) in [6.07, 6.45) is 0. The summed E-state index contributed by atoms with van der Waals surface area (Å²) in [5, 5.41) is -0.222. The molecule has 11 rings (SSSR count). The molecule has 0 fully saturated rings. The molecule has 0 amide bonds. The fourth-order valence-electron chi connectivity index (χ4n) is 6.94. The van der Waals surface area contributed by atoms with Crippen LogP contribution in [0.4, 0.5) is 0 Å². The van der Waals surface area contributed by atoms with Gasteiger partial charge in [-0.1, -0.05) is 127 Å². The first-order chi connectivity index (χ1) is 34.0. The number of nitrogens with zero attached hydrogens (tertiary/aromatic N) is 2. The Morgan fingerprint density at radius 3 is 2.08 bits per heavy atom. The van der Waals surface area contributed by atoms with Crippen LogP contribution in [-0.4, -0.2) is 9.13 Å². The van der Waals surface area contributed by atoms with E-state index in [0.717, 1.165) is 17.4 Å². The van der Waals surface area contributed by atoms with Crippen molar-refractivity contribution in [1.29, 1.82) is 0 Å². The van der Waals surface area contributed by atoms with E-state index in [1.807, 2.05) is 0 Å². The maximum absolute atomic E-state index is 9.86. The van der Waals surface area contributed by atoms with Crippen molar-refractivity contribution in [2.24, 2.45) is 0 Å². The summed E-state index contributed by atoms with van der Waals surface area (Å²) >= 11 is 0.824. The molecule has 0 N–H and O–H groups in total. The lowest BCUT2D eigenvalue weighted by Crippen LogP contribution is -1.94. The van der Waals surface area contributed by atoms with Crippen LogP contribution < -0.4 is 0 Å². The van der Waals surface area contributed by atoms with Gasteiger partial charge in [0.15, 0.2) is 0 Å². The van der Waals surface area contributed by atoms with Crippen LogP contribution in [0.1, 0.15) is 28.8 Å². The molecule has 8 aromatic carbocycles. The summed E-state index contributed by atoms with van der Waals surface area (Å²) in [7, 11) is 0. The monoisotopic (exact) mass is 687 g/mol. The Morgan fingerprint density at radius 2 is 1.16 bits per heavy atom. The Morgan fingerprint density at radius 1 is 0.431 bits per heavy atom. The van der Waals surface area contributed by atoms with Gasteiger partial charge >= 0.3 is 0 Å². The zero-order valence-corrected chi connectivity index (χ0v) is 26.8. The Labute approximate surface area is 328 Å². The summed E-state index contributed by atoms with van der Waals surface area (Å²) < 4.78 is 192. The molecule has 11 aromatic rings. The molecule has 0 unspecified atom stereocenters. The molecule has 3 heteroatoms. The third-order valence-electron chi connectivity index (χ3n) is 9.04. The van der Waals surface area contributed by atoms with Crippen LogP contribution in [0.15, 0.2) is 181 Å². The minimum Gasteiger partial charge on any atom is -0.309 e. The Kier molecular flexibility index (Phi) is 3.21. The molecule has 0 aliphatic heterocycles. The summed E-state index contributed by atoms with van der Waals surface area (Å²) in [5.74, 6) is 0. The second-order valence-electron chi connectivity index (χ2n) is 11.7. The van der Waals surface area contributed by atoms with Crippen molar-refractivity contribution in [3.05, 3.63) is 181 Å². The van der Waals surface area contributed by atoms with Crippen LogP contribution in [0.2, 0.25) is 0 Å². The van der Waals surface area contributed by atoms with E-state index >= 15 is 0 Å². The fourth-order valence-corrected chi connectivity index (χ4v) is 8.06. The second kappa shape index (κ2) is 11.0. The van der Waals surface area contributed by atoms with E-state index in [1.165, 1.54) is 27.3 Å². The average molecular weight is 688 g/mol. The van der Waals surface area contributed by atoms with E-state index in [0.29, 0.717) is 5.69 Å². The number of hydrogen-bond acceptors (Lipinski definition) is 1. The molecular formula is C48H30N2S. The van der Waals surface area contributed by atoms with Gasteiger partial charge in [0.2, 0.25) is 0 Å². The van der Waals surface area contributed by atoms with Crippen LogP contribution in [0, 0.1) is 0 Å². The third kappa shape index (κ3) is 4.16. The molecular weight excluding hydrogens is 637 g/mol. The molecule has 3 heterocycles. The molecule has 0 bridgehead atoms. The molecule has 0 radical (unpaired) electrons. The van der Waals surface area contributed by atoms with Crippen LogP contribution in [0.25, 0.3) is 97.4 Å². The highest BCUT2D eigenvalue weighted by Crippen LogP contribution is 2.45. The molecule has 51 heavy (non-hydrogen) atoms. The summed E-state index contributed by atoms with van der Waals surface area (Å²) in [6, 6.07) is 1.95. The molecule has 238 valence electrons. The van der Waals surface area contributed by atoms with E-state index in [-0.39, 0.29) is 97.8 Å². The van der Waals surface area contributed by atoms with Crippen molar-refractivity contribution in [3.8, 4) is 33.6 Å². The topological polar surface area (TPSA) is 9.86 Å². The molecule has 3 aromatic heterocycles. The molecule has 0 saturated heterocycles. The van der Waals surface area contributed by atoms with Gasteiger partial charge in [-0.05, 0) is 76.7 Å². The Bertz CT molecular complexity index is 4350. The third-order valence-corrected chi connectivity index (χ3v) is 10.2. The average Bonchev–Trinajstić information content (AvgIpc) is 4.03. The second-order valence-corrected chi connectivity index (χ2v) is 12.7. The molecule has 0 saturated carbocycles. The number of hydrogen-bond donors (Lipinski definition) is 0. The Balaban J connectivity index is 1.34. The lowest BCUT2D eigenvalue weighted by molar-refractivity contribution is 1.18. The first-order valence-electron chi connectivity index (χ1n) is 26.2. The SMILES string of the molecule is [2H]c1cc(-c2c([2H])c([2H])c([2H])c3sc4c(-n5c6c([2H])c([2H])c(-c7c([2H])c([2H])c([2H])c8c7c7cc([2H])c([2H])c([2H])c7n8-c7ccccc7)cc6c6c([2H])c([2H])c([2H])c([2H])c65)cc([2H])c([2H])c4c23)c([2H])c([2H])c1[2H]. The normalized spacial score (nSPS) is 17.7. The summed E-state index contributed by atoms with van der Waals surface area (Å²) in [4.78, 5) is 0. The van der Waals surface area contributed by atoms with Gasteiger partial charge in [0.1, 0.15) is 0 Å². The minimum absolute atomic E-state index is 0.00225.